The molecular formula is C19H31N3O5. The molecule has 27 heavy (non-hydrogen) atoms. The number of rotatable bonds is 8. The highest BCUT2D eigenvalue weighted by Crippen LogP contribution is 2.25. The molecule has 5 N–H and O–H groups in total. The summed E-state index contributed by atoms with van der Waals surface area (Å²) in [6.07, 6.45) is -2.96. The van der Waals surface area contributed by atoms with Crippen molar-refractivity contribution < 1.29 is 24.6 Å². The SMILES string of the molecule is CO[C@H](/C(=N/OCC(=O)Nc1ccc(N)c(C)c1)[C@@H](O)C(C)O)C(C)(C)C. The smallest absolute Gasteiger partial charge is 0.265 e. The molecule has 152 valence electrons. The van der Waals surface area contributed by atoms with Crippen molar-refractivity contribution in [3.63, 3.8) is 0 Å². The number of carbonyl (C=O) groups is 1. The summed E-state index contributed by atoms with van der Waals surface area (Å²) in [6, 6.07) is 5.14. The van der Waals surface area contributed by atoms with Gasteiger partial charge >= 0.3 is 0 Å². The minimum absolute atomic E-state index is 0.121. The molecule has 0 spiro atoms. The van der Waals surface area contributed by atoms with Gasteiger partial charge in [-0.2, -0.15) is 0 Å². The van der Waals surface area contributed by atoms with Crippen molar-refractivity contribution in [3.05, 3.63) is 23.8 Å². The van der Waals surface area contributed by atoms with Crippen molar-refractivity contribution in [3.8, 4) is 0 Å². The van der Waals surface area contributed by atoms with Gasteiger partial charge in [-0.05, 0) is 43.0 Å². The summed E-state index contributed by atoms with van der Waals surface area (Å²) in [5, 5.41) is 26.6. The number of nitrogens with one attached hydrogen (secondary N) is 1. The van der Waals surface area contributed by atoms with Gasteiger partial charge in [0, 0.05) is 18.5 Å². The molecule has 0 fully saturated rings. The number of amides is 1. The number of nitrogens with zero attached hydrogens (tertiary/aromatic N) is 1. The van der Waals surface area contributed by atoms with E-state index in [1.54, 1.807) is 18.2 Å². The highest BCUT2D eigenvalue weighted by molar-refractivity contribution is 5.94. The second-order valence-electron chi connectivity index (χ2n) is 7.58. The number of aliphatic hydroxyl groups excluding tert-OH is 2. The van der Waals surface area contributed by atoms with Crippen molar-refractivity contribution in [1.29, 1.82) is 0 Å². The van der Waals surface area contributed by atoms with Crippen LogP contribution in [0.1, 0.15) is 33.3 Å². The number of anilines is 2. The molecule has 1 rings (SSSR count). The molecule has 1 unspecified atom stereocenters. The summed E-state index contributed by atoms with van der Waals surface area (Å²) < 4.78 is 5.43. The second kappa shape index (κ2) is 9.68. The van der Waals surface area contributed by atoms with E-state index in [1.807, 2.05) is 27.7 Å². The molecule has 0 saturated heterocycles. The average molecular weight is 381 g/mol. The van der Waals surface area contributed by atoms with Gasteiger partial charge in [0.05, 0.1) is 6.10 Å². The molecule has 0 heterocycles. The fourth-order valence-corrected chi connectivity index (χ4v) is 2.54. The van der Waals surface area contributed by atoms with Crippen LogP contribution in [0.3, 0.4) is 0 Å². The van der Waals surface area contributed by atoms with Crippen molar-refractivity contribution >= 4 is 23.0 Å². The van der Waals surface area contributed by atoms with Crippen LogP contribution in [0.5, 0.6) is 0 Å². The lowest BCUT2D eigenvalue weighted by Crippen LogP contribution is -2.46. The number of aryl methyl sites for hydroxylation is 1. The molecule has 1 aromatic rings. The zero-order chi connectivity index (χ0) is 20.8. The van der Waals surface area contributed by atoms with Gasteiger partial charge in [-0.3, -0.25) is 4.79 Å². The highest BCUT2D eigenvalue weighted by atomic mass is 16.6. The third-order valence-electron chi connectivity index (χ3n) is 3.97. The van der Waals surface area contributed by atoms with Crippen molar-refractivity contribution in [2.45, 2.75) is 52.9 Å². The summed E-state index contributed by atoms with van der Waals surface area (Å²) in [7, 11) is 1.48. The first-order chi connectivity index (χ1) is 12.5. The Bertz CT molecular complexity index is 668. The Balaban J connectivity index is 2.83. The van der Waals surface area contributed by atoms with Gasteiger partial charge in [0.2, 0.25) is 0 Å². The lowest BCUT2D eigenvalue weighted by molar-refractivity contribution is -0.120. The van der Waals surface area contributed by atoms with E-state index in [0.717, 1.165) is 5.56 Å². The van der Waals surface area contributed by atoms with Crippen LogP contribution < -0.4 is 11.1 Å². The van der Waals surface area contributed by atoms with Gasteiger partial charge in [-0.1, -0.05) is 25.9 Å². The minimum atomic E-state index is -1.28. The average Bonchev–Trinajstić information content (AvgIpc) is 2.55. The van der Waals surface area contributed by atoms with Gasteiger partial charge < -0.3 is 30.8 Å². The van der Waals surface area contributed by atoms with Crippen LogP contribution in [-0.4, -0.2) is 53.9 Å². The van der Waals surface area contributed by atoms with E-state index >= 15 is 0 Å². The standard InChI is InChI=1S/C19H31N3O5/c1-11-9-13(7-8-14(11)20)21-15(24)10-27-22-16(17(25)12(2)23)18(26-6)19(3,4)5/h7-9,12,17-18,23,25H,10,20H2,1-6H3,(H,21,24)/b22-16+/t12?,17-,18+/m0/s1. The minimum Gasteiger partial charge on any atom is -0.399 e. The Morgan fingerprint density at radius 3 is 2.44 bits per heavy atom. The largest absolute Gasteiger partial charge is 0.399 e. The van der Waals surface area contributed by atoms with E-state index in [1.165, 1.54) is 14.0 Å². The number of aliphatic hydroxyl groups is 2. The zero-order valence-corrected chi connectivity index (χ0v) is 16.8. The molecule has 0 aromatic heterocycles. The Morgan fingerprint density at radius 2 is 1.96 bits per heavy atom. The van der Waals surface area contributed by atoms with Crippen LogP contribution in [-0.2, 0) is 14.4 Å². The van der Waals surface area contributed by atoms with E-state index in [9.17, 15) is 15.0 Å². The van der Waals surface area contributed by atoms with Gasteiger partial charge in [0.1, 0.15) is 17.9 Å². The number of carbonyl (C=O) groups excluding carboxylic acids is 1. The molecule has 0 aliphatic heterocycles. The predicted molar refractivity (Wildman–Crippen MR) is 106 cm³/mol. The number of nitrogen functional groups attached to an aromatic ring is 1. The number of hydrogen-bond acceptors (Lipinski definition) is 7. The number of ether oxygens (including phenoxy) is 1. The predicted octanol–water partition coefficient (Wildman–Crippen LogP) is 1.69. The quantitative estimate of drug-likeness (QED) is 0.308. The third-order valence-corrected chi connectivity index (χ3v) is 3.97. The van der Waals surface area contributed by atoms with Gasteiger partial charge in [-0.25, -0.2) is 0 Å². The second-order valence-corrected chi connectivity index (χ2v) is 7.58. The van der Waals surface area contributed by atoms with Crippen molar-refractivity contribution in [1.82, 2.24) is 0 Å². The maximum absolute atomic E-state index is 12.1. The molecule has 8 heteroatoms. The first-order valence-corrected chi connectivity index (χ1v) is 8.72. The van der Waals surface area contributed by atoms with Crippen LogP contribution in [0, 0.1) is 12.3 Å². The van der Waals surface area contributed by atoms with Crippen LogP contribution in [0.4, 0.5) is 11.4 Å². The number of methoxy groups -OCH3 is 1. The molecule has 0 radical (unpaired) electrons. The number of hydrogen-bond donors (Lipinski definition) is 4. The Hall–Kier alpha value is -2.16. The summed E-state index contributed by atoms with van der Waals surface area (Å²) in [5.74, 6) is -0.418. The van der Waals surface area contributed by atoms with Crippen LogP contribution in [0.2, 0.25) is 0 Å². The number of oxime groups is 1. The van der Waals surface area contributed by atoms with E-state index < -0.39 is 29.6 Å². The molecule has 0 aliphatic carbocycles. The third kappa shape index (κ3) is 6.82. The molecule has 0 aliphatic rings. The van der Waals surface area contributed by atoms with Gasteiger partial charge in [-0.15, -0.1) is 0 Å². The maximum atomic E-state index is 12.1. The fraction of sp³-hybridized carbons (Fsp3) is 0.579. The number of nitrogens with two attached hydrogens (primary N) is 1. The molecule has 1 amide bonds. The maximum Gasteiger partial charge on any atom is 0.265 e. The van der Waals surface area contributed by atoms with Crippen LogP contribution in [0.15, 0.2) is 23.4 Å². The molecule has 0 bridgehead atoms. The lowest BCUT2D eigenvalue weighted by atomic mass is 9.83. The summed E-state index contributed by atoms with van der Waals surface area (Å²) in [4.78, 5) is 17.2. The molecular weight excluding hydrogens is 350 g/mol. The Kier molecular flexibility index (Phi) is 8.20. The highest BCUT2D eigenvalue weighted by Gasteiger charge is 2.35. The topological polar surface area (TPSA) is 126 Å². The first kappa shape index (κ1) is 22.9. The molecule has 1 aromatic carbocycles. The normalized spacial score (nSPS) is 15.8. The zero-order valence-electron chi connectivity index (χ0n) is 16.8. The lowest BCUT2D eigenvalue weighted by Gasteiger charge is -2.32. The summed E-state index contributed by atoms with van der Waals surface area (Å²) >= 11 is 0. The monoisotopic (exact) mass is 381 g/mol. The Labute approximate surface area is 160 Å². The molecule has 0 saturated carbocycles. The van der Waals surface area contributed by atoms with E-state index in [4.69, 9.17) is 15.3 Å². The molecule has 8 nitrogen and oxygen atoms in total. The molecule has 3 atom stereocenters. The van der Waals surface area contributed by atoms with Gasteiger partial charge in [0.25, 0.3) is 5.91 Å². The van der Waals surface area contributed by atoms with Crippen LogP contribution in [0.25, 0.3) is 0 Å². The van der Waals surface area contributed by atoms with E-state index in [0.29, 0.717) is 11.4 Å². The Morgan fingerprint density at radius 1 is 1.33 bits per heavy atom. The first-order valence-electron chi connectivity index (χ1n) is 8.72. The van der Waals surface area contributed by atoms with E-state index in [-0.39, 0.29) is 12.3 Å². The van der Waals surface area contributed by atoms with Crippen molar-refractivity contribution in [2.75, 3.05) is 24.8 Å². The van der Waals surface area contributed by atoms with E-state index in [2.05, 4.69) is 10.5 Å². The van der Waals surface area contributed by atoms with Crippen LogP contribution >= 0.6 is 0 Å². The van der Waals surface area contributed by atoms with Crippen molar-refractivity contribution in [2.24, 2.45) is 10.6 Å². The summed E-state index contributed by atoms with van der Waals surface area (Å²) in [6.45, 7) is 8.63. The number of benzene rings is 1. The van der Waals surface area contributed by atoms with Gasteiger partial charge in [0.15, 0.2) is 6.61 Å². The fourth-order valence-electron chi connectivity index (χ4n) is 2.54. The summed E-state index contributed by atoms with van der Waals surface area (Å²) in [5.41, 5.74) is 7.54.